The van der Waals surface area contributed by atoms with Crippen molar-refractivity contribution in [3.8, 4) is 11.6 Å². The van der Waals surface area contributed by atoms with E-state index in [0.29, 0.717) is 16.7 Å². The zero-order valence-electron chi connectivity index (χ0n) is 14.6. The highest BCUT2D eigenvalue weighted by atomic mass is 35.5. The first-order chi connectivity index (χ1) is 13.2. The number of hydrogen-bond acceptors (Lipinski definition) is 5. The van der Waals surface area contributed by atoms with Crippen molar-refractivity contribution in [1.29, 1.82) is 0 Å². The average molecular weight is 431 g/mol. The van der Waals surface area contributed by atoms with Gasteiger partial charge in [-0.25, -0.2) is 0 Å². The smallest absolute Gasteiger partial charge is 0.416 e. The maximum atomic E-state index is 12.9. The number of halogens is 4. The van der Waals surface area contributed by atoms with E-state index in [9.17, 15) is 18.0 Å². The van der Waals surface area contributed by atoms with Gasteiger partial charge in [0.05, 0.1) is 27.8 Å². The topological polar surface area (TPSA) is 73.0 Å². The second kappa shape index (κ2) is 7.88. The highest BCUT2D eigenvalue weighted by Gasteiger charge is 2.31. The number of aromatic nitrogens is 3. The molecule has 2 heterocycles. The number of hydrogen-bond donors (Lipinski definition) is 1. The van der Waals surface area contributed by atoms with Gasteiger partial charge in [0.15, 0.2) is 16.7 Å². The summed E-state index contributed by atoms with van der Waals surface area (Å²) < 4.78 is 45.5. The summed E-state index contributed by atoms with van der Waals surface area (Å²) in [6.07, 6.45) is -3.03. The van der Waals surface area contributed by atoms with Crippen LogP contribution in [-0.2, 0) is 18.0 Å². The van der Waals surface area contributed by atoms with Crippen LogP contribution < -0.4 is 5.32 Å². The molecule has 0 saturated carbocycles. The Bertz CT molecular complexity index is 989. The normalized spacial score (nSPS) is 12.8. The van der Waals surface area contributed by atoms with Crippen molar-refractivity contribution in [3.63, 3.8) is 0 Å². The Morgan fingerprint density at radius 3 is 2.71 bits per heavy atom. The Balaban J connectivity index is 1.72. The van der Waals surface area contributed by atoms with Crippen LogP contribution in [0.1, 0.15) is 12.5 Å². The molecule has 6 nitrogen and oxygen atoms in total. The van der Waals surface area contributed by atoms with Gasteiger partial charge in [0.1, 0.15) is 0 Å². The van der Waals surface area contributed by atoms with Crippen molar-refractivity contribution in [3.05, 3.63) is 47.2 Å². The van der Waals surface area contributed by atoms with Crippen LogP contribution in [0.25, 0.3) is 11.6 Å². The van der Waals surface area contributed by atoms with Crippen LogP contribution in [0.15, 0.2) is 46.2 Å². The van der Waals surface area contributed by atoms with E-state index in [2.05, 4.69) is 15.5 Å². The van der Waals surface area contributed by atoms with Gasteiger partial charge in [-0.3, -0.25) is 4.79 Å². The van der Waals surface area contributed by atoms with E-state index in [0.717, 1.165) is 30.0 Å². The SMILES string of the molecule is CC(Sc1nnc(-c2ccco2)n1C)C(=O)Nc1cc(C(F)(F)F)ccc1Cl. The van der Waals surface area contributed by atoms with E-state index in [1.807, 2.05) is 0 Å². The summed E-state index contributed by atoms with van der Waals surface area (Å²) in [5.41, 5.74) is -1.01. The summed E-state index contributed by atoms with van der Waals surface area (Å²) in [6, 6.07) is 6.19. The third-order valence-electron chi connectivity index (χ3n) is 3.78. The molecule has 1 unspecified atom stereocenters. The van der Waals surface area contributed by atoms with Gasteiger partial charge in [-0.1, -0.05) is 23.4 Å². The zero-order valence-corrected chi connectivity index (χ0v) is 16.2. The van der Waals surface area contributed by atoms with Gasteiger partial charge in [0, 0.05) is 7.05 Å². The molecule has 0 spiro atoms. The molecule has 0 radical (unpaired) electrons. The van der Waals surface area contributed by atoms with Crippen molar-refractivity contribution in [2.24, 2.45) is 7.05 Å². The number of benzene rings is 1. The van der Waals surface area contributed by atoms with Crippen LogP contribution >= 0.6 is 23.4 Å². The molecule has 1 aromatic carbocycles. The number of rotatable bonds is 5. The van der Waals surface area contributed by atoms with Gasteiger partial charge < -0.3 is 14.3 Å². The highest BCUT2D eigenvalue weighted by molar-refractivity contribution is 8.00. The lowest BCUT2D eigenvalue weighted by molar-refractivity contribution is -0.137. The van der Waals surface area contributed by atoms with Gasteiger partial charge >= 0.3 is 6.18 Å². The van der Waals surface area contributed by atoms with Crippen molar-refractivity contribution in [2.45, 2.75) is 23.5 Å². The molecule has 148 valence electrons. The van der Waals surface area contributed by atoms with Gasteiger partial charge in [-0.15, -0.1) is 10.2 Å². The minimum atomic E-state index is -4.54. The lowest BCUT2D eigenvalue weighted by atomic mass is 10.2. The fourth-order valence-corrected chi connectivity index (χ4v) is 3.26. The summed E-state index contributed by atoms with van der Waals surface area (Å²) in [5, 5.41) is 10.3. The lowest BCUT2D eigenvalue weighted by Gasteiger charge is -2.14. The number of nitrogens with zero attached hydrogens (tertiary/aromatic N) is 3. The number of alkyl halides is 3. The molecular weight excluding hydrogens is 417 g/mol. The molecule has 1 amide bonds. The van der Waals surface area contributed by atoms with Gasteiger partial charge in [0.25, 0.3) is 0 Å². The summed E-state index contributed by atoms with van der Waals surface area (Å²) in [4.78, 5) is 12.4. The zero-order chi connectivity index (χ0) is 20.5. The summed E-state index contributed by atoms with van der Waals surface area (Å²) >= 11 is 7.02. The molecule has 0 bridgehead atoms. The van der Waals surface area contributed by atoms with E-state index in [4.69, 9.17) is 16.0 Å². The molecule has 0 saturated heterocycles. The third-order valence-corrected chi connectivity index (χ3v) is 5.24. The summed E-state index contributed by atoms with van der Waals surface area (Å²) in [7, 11) is 1.72. The Hall–Kier alpha value is -2.46. The number of furan rings is 1. The van der Waals surface area contributed by atoms with Crippen LogP contribution in [0.5, 0.6) is 0 Å². The molecule has 1 N–H and O–H groups in total. The van der Waals surface area contributed by atoms with E-state index in [1.165, 1.54) is 6.26 Å². The molecule has 11 heteroatoms. The molecule has 2 aromatic heterocycles. The Labute approximate surface area is 167 Å². The number of anilines is 1. The second-order valence-corrected chi connectivity index (χ2v) is 7.50. The molecule has 3 rings (SSSR count). The van der Waals surface area contributed by atoms with Crippen LogP contribution in [-0.4, -0.2) is 25.9 Å². The number of nitrogens with one attached hydrogen (secondary N) is 1. The van der Waals surface area contributed by atoms with Crippen molar-refractivity contribution >= 4 is 35.0 Å². The molecule has 3 aromatic rings. The van der Waals surface area contributed by atoms with Gasteiger partial charge in [-0.2, -0.15) is 13.2 Å². The van der Waals surface area contributed by atoms with Crippen LogP contribution in [0.4, 0.5) is 18.9 Å². The van der Waals surface area contributed by atoms with E-state index in [-0.39, 0.29) is 10.7 Å². The van der Waals surface area contributed by atoms with E-state index < -0.39 is 22.9 Å². The Morgan fingerprint density at radius 2 is 2.07 bits per heavy atom. The van der Waals surface area contributed by atoms with Crippen molar-refractivity contribution in [2.75, 3.05) is 5.32 Å². The number of carbonyl (C=O) groups is 1. The molecule has 0 aliphatic heterocycles. The van der Waals surface area contributed by atoms with Crippen molar-refractivity contribution in [1.82, 2.24) is 14.8 Å². The Kier molecular flexibility index (Phi) is 5.71. The first-order valence-corrected chi connectivity index (χ1v) is 9.20. The number of thioether (sulfide) groups is 1. The maximum Gasteiger partial charge on any atom is 0.416 e. The van der Waals surface area contributed by atoms with Crippen LogP contribution in [0.3, 0.4) is 0 Å². The first kappa shape index (κ1) is 20.3. The number of amides is 1. The Morgan fingerprint density at radius 1 is 1.32 bits per heavy atom. The van der Waals surface area contributed by atoms with Crippen LogP contribution in [0, 0.1) is 0 Å². The van der Waals surface area contributed by atoms with Crippen LogP contribution in [0.2, 0.25) is 5.02 Å². The average Bonchev–Trinajstić information content (AvgIpc) is 3.26. The van der Waals surface area contributed by atoms with Crippen molar-refractivity contribution < 1.29 is 22.4 Å². The van der Waals surface area contributed by atoms with E-state index >= 15 is 0 Å². The minimum Gasteiger partial charge on any atom is -0.461 e. The summed E-state index contributed by atoms with van der Waals surface area (Å²) in [5.74, 6) is 0.490. The first-order valence-electron chi connectivity index (χ1n) is 7.94. The molecule has 1 atom stereocenters. The predicted molar refractivity (Wildman–Crippen MR) is 99.1 cm³/mol. The van der Waals surface area contributed by atoms with Gasteiger partial charge in [-0.05, 0) is 37.3 Å². The molecular formula is C17H14ClF3N4O2S. The molecule has 28 heavy (non-hydrogen) atoms. The largest absolute Gasteiger partial charge is 0.461 e. The second-order valence-electron chi connectivity index (χ2n) is 5.78. The maximum absolute atomic E-state index is 12.9. The number of carbonyl (C=O) groups excluding carboxylic acids is 1. The predicted octanol–water partition coefficient (Wildman–Crippen LogP) is 4.87. The van der Waals surface area contributed by atoms with Gasteiger partial charge in [0.2, 0.25) is 5.91 Å². The van der Waals surface area contributed by atoms with E-state index in [1.54, 1.807) is 30.7 Å². The molecule has 0 aliphatic carbocycles. The molecule has 0 fully saturated rings. The third kappa shape index (κ3) is 4.33. The lowest BCUT2D eigenvalue weighted by Crippen LogP contribution is -2.23. The monoisotopic (exact) mass is 430 g/mol. The fourth-order valence-electron chi connectivity index (χ4n) is 2.28. The highest BCUT2D eigenvalue weighted by Crippen LogP contribution is 2.34. The summed E-state index contributed by atoms with van der Waals surface area (Å²) in [6.45, 7) is 1.60. The molecule has 0 aliphatic rings. The fraction of sp³-hybridized carbons (Fsp3) is 0.235. The quantitative estimate of drug-likeness (QED) is 0.585. The standard InChI is InChI=1S/C17H14ClF3N4O2S/c1-9(28-16-24-23-14(25(16)2)13-4-3-7-27-13)15(26)22-12-8-10(17(19,20)21)5-6-11(12)18/h3-9H,1-2H3,(H,22,26). The minimum absolute atomic E-state index is 0.0114.